The Morgan fingerprint density at radius 3 is 2.72 bits per heavy atom. The first-order valence-electron chi connectivity index (χ1n) is 5.08. The van der Waals surface area contributed by atoms with Crippen LogP contribution >= 0.6 is 28.6 Å². The highest BCUT2D eigenvalue weighted by atomic mass is 79.9. The normalized spacial score (nSPS) is 20.9. The molecule has 0 spiro atoms. The van der Waals surface area contributed by atoms with Crippen LogP contribution in [0, 0.1) is 0 Å². The van der Waals surface area contributed by atoms with Crippen molar-refractivity contribution in [1.82, 2.24) is 5.32 Å². The molecule has 1 amide bonds. The lowest BCUT2D eigenvalue weighted by atomic mass is 10.2. The highest BCUT2D eigenvalue weighted by molar-refractivity contribution is 9.10. The third kappa shape index (κ3) is 3.15. The Labute approximate surface area is 119 Å². The highest BCUT2D eigenvalue weighted by Gasteiger charge is 2.23. The number of rotatable bonds is 2. The van der Waals surface area contributed by atoms with Crippen molar-refractivity contribution < 1.29 is 13.2 Å². The number of hydrogen-bond acceptors (Lipinski definition) is 4. The van der Waals surface area contributed by atoms with Crippen molar-refractivity contribution in [3.8, 4) is 0 Å². The maximum atomic E-state index is 11.9. The van der Waals surface area contributed by atoms with Gasteiger partial charge < -0.3 is 5.32 Å². The predicted molar refractivity (Wildman–Crippen MR) is 75.6 cm³/mol. The van der Waals surface area contributed by atoms with Crippen molar-refractivity contribution in [2.75, 3.05) is 5.75 Å². The van der Waals surface area contributed by atoms with Crippen molar-refractivity contribution in [3.63, 3.8) is 0 Å². The molecule has 0 aliphatic carbocycles. The quantitative estimate of drug-likeness (QED) is 0.801. The molecule has 1 N–H and O–H groups in total. The van der Waals surface area contributed by atoms with Crippen LogP contribution in [0.5, 0.6) is 0 Å². The standard InChI is InChI=1S/C11H10BrNO3S2/c12-7-1-2-9(10(17)5-7)11(14)13-8-3-4-18(15,16)6-8/h1-5,8,17H,6H2,(H,13,14). The molecule has 1 aliphatic heterocycles. The number of thiol groups is 1. The SMILES string of the molecule is O=C(NC1C=CS(=O)(=O)C1)c1ccc(Br)cc1S. The van der Waals surface area contributed by atoms with Crippen LogP contribution in [0.1, 0.15) is 10.4 Å². The summed E-state index contributed by atoms with van der Waals surface area (Å²) in [6.45, 7) is 0. The number of sulfone groups is 1. The van der Waals surface area contributed by atoms with Crippen molar-refractivity contribution in [2.24, 2.45) is 0 Å². The zero-order valence-corrected chi connectivity index (χ0v) is 12.4. The van der Waals surface area contributed by atoms with Gasteiger partial charge in [0.05, 0.1) is 17.4 Å². The lowest BCUT2D eigenvalue weighted by Crippen LogP contribution is -2.35. The molecule has 1 atom stereocenters. The van der Waals surface area contributed by atoms with E-state index in [1.165, 1.54) is 6.08 Å². The molecule has 1 aromatic carbocycles. The lowest BCUT2D eigenvalue weighted by molar-refractivity contribution is 0.0945. The monoisotopic (exact) mass is 347 g/mol. The maximum Gasteiger partial charge on any atom is 0.252 e. The van der Waals surface area contributed by atoms with E-state index in [0.717, 1.165) is 9.88 Å². The van der Waals surface area contributed by atoms with E-state index >= 15 is 0 Å². The van der Waals surface area contributed by atoms with Crippen molar-refractivity contribution >= 4 is 44.3 Å². The van der Waals surface area contributed by atoms with E-state index in [-0.39, 0.29) is 11.7 Å². The van der Waals surface area contributed by atoms with Gasteiger partial charge in [0.15, 0.2) is 9.84 Å². The molecule has 7 heteroatoms. The van der Waals surface area contributed by atoms with E-state index < -0.39 is 15.9 Å². The summed E-state index contributed by atoms with van der Waals surface area (Å²) in [5.41, 5.74) is 0.416. The van der Waals surface area contributed by atoms with Gasteiger partial charge in [-0.05, 0) is 24.3 Å². The first kappa shape index (κ1) is 13.6. The van der Waals surface area contributed by atoms with Crippen LogP contribution in [0.15, 0.2) is 39.1 Å². The Kier molecular flexibility index (Phi) is 3.84. The van der Waals surface area contributed by atoms with E-state index in [1.807, 2.05) is 0 Å². The van der Waals surface area contributed by atoms with Gasteiger partial charge >= 0.3 is 0 Å². The fraction of sp³-hybridized carbons (Fsp3) is 0.182. The molecule has 1 heterocycles. The molecule has 0 saturated carbocycles. The summed E-state index contributed by atoms with van der Waals surface area (Å²) in [7, 11) is -3.16. The van der Waals surface area contributed by atoms with Crippen LogP contribution in [0.3, 0.4) is 0 Å². The first-order chi connectivity index (χ1) is 8.37. The first-order valence-corrected chi connectivity index (χ1v) is 8.03. The van der Waals surface area contributed by atoms with Crippen LogP contribution in [0.4, 0.5) is 0 Å². The topological polar surface area (TPSA) is 63.2 Å². The molecular weight excluding hydrogens is 338 g/mol. The highest BCUT2D eigenvalue weighted by Crippen LogP contribution is 2.20. The summed E-state index contributed by atoms with van der Waals surface area (Å²) in [6.07, 6.45) is 1.48. The third-order valence-electron chi connectivity index (χ3n) is 2.45. The molecule has 18 heavy (non-hydrogen) atoms. The van der Waals surface area contributed by atoms with Crippen LogP contribution in [0.2, 0.25) is 0 Å². The van der Waals surface area contributed by atoms with E-state index in [4.69, 9.17) is 0 Å². The van der Waals surface area contributed by atoms with Crippen LogP contribution in [-0.2, 0) is 9.84 Å². The third-order valence-corrected chi connectivity index (χ3v) is 4.71. The number of carbonyl (C=O) groups is 1. The lowest BCUT2D eigenvalue weighted by Gasteiger charge is -2.11. The molecule has 1 aliphatic rings. The molecule has 4 nitrogen and oxygen atoms in total. The second-order valence-electron chi connectivity index (χ2n) is 3.90. The van der Waals surface area contributed by atoms with Crippen LogP contribution in [0.25, 0.3) is 0 Å². The minimum atomic E-state index is -3.16. The summed E-state index contributed by atoms with van der Waals surface area (Å²) in [6, 6.07) is 4.60. The van der Waals surface area contributed by atoms with Crippen molar-refractivity contribution in [2.45, 2.75) is 10.9 Å². The molecular formula is C11H10BrNO3S2. The van der Waals surface area contributed by atoms with Gasteiger partial charge in [0, 0.05) is 14.8 Å². The Morgan fingerprint density at radius 1 is 1.44 bits per heavy atom. The van der Waals surface area contributed by atoms with Gasteiger partial charge in [-0.1, -0.05) is 15.9 Å². The number of benzene rings is 1. The summed E-state index contributed by atoms with van der Waals surface area (Å²) < 4.78 is 23.2. The van der Waals surface area contributed by atoms with E-state index in [1.54, 1.807) is 18.2 Å². The molecule has 1 unspecified atom stereocenters. The molecule has 0 radical (unpaired) electrons. The average molecular weight is 348 g/mol. The number of hydrogen-bond donors (Lipinski definition) is 2. The fourth-order valence-corrected chi connectivity index (χ4v) is 3.70. The number of amides is 1. The Bertz CT molecular complexity index is 625. The Hall–Kier alpha value is -0.790. The van der Waals surface area contributed by atoms with Gasteiger partial charge in [0.2, 0.25) is 0 Å². The number of halogens is 1. The fourth-order valence-electron chi connectivity index (χ4n) is 1.61. The van der Waals surface area contributed by atoms with Gasteiger partial charge in [-0.15, -0.1) is 12.6 Å². The van der Waals surface area contributed by atoms with Gasteiger partial charge in [0.1, 0.15) is 0 Å². The maximum absolute atomic E-state index is 11.9. The zero-order chi connectivity index (χ0) is 13.3. The van der Waals surface area contributed by atoms with Gasteiger partial charge in [-0.2, -0.15) is 0 Å². The van der Waals surface area contributed by atoms with E-state index in [9.17, 15) is 13.2 Å². The van der Waals surface area contributed by atoms with E-state index in [0.29, 0.717) is 10.5 Å². The summed E-state index contributed by atoms with van der Waals surface area (Å²) in [5, 5.41) is 3.77. The molecule has 0 saturated heterocycles. The minimum Gasteiger partial charge on any atom is -0.345 e. The Balaban J connectivity index is 2.12. The summed E-state index contributed by atoms with van der Waals surface area (Å²) in [5.74, 6) is -0.420. The van der Waals surface area contributed by atoms with E-state index in [2.05, 4.69) is 33.9 Å². The summed E-state index contributed by atoms with van der Waals surface area (Å²) in [4.78, 5) is 12.5. The average Bonchev–Trinajstić information content (AvgIpc) is 2.57. The smallest absolute Gasteiger partial charge is 0.252 e. The second-order valence-corrected chi connectivity index (χ2v) is 7.23. The minimum absolute atomic E-state index is 0.0861. The molecule has 96 valence electrons. The van der Waals surface area contributed by atoms with Gasteiger partial charge in [-0.25, -0.2) is 8.42 Å². The van der Waals surface area contributed by atoms with Crippen LogP contribution < -0.4 is 5.32 Å². The molecule has 1 aromatic rings. The van der Waals surface area contributed by atoms with Crippen molar-refractivity contribution in [1.29, 1.82) is 0 Å². The number of nitrogens with one attached hydrogen (secondary N) is 1. The van der Waals surface area contributed by atoms with Gasteiger partial charge in [-0.3, -0.25) is 4.79 Å². The Morgan fingerprint density at radius 2 is 2.17 bits per heavy atom. The number of carbonyl (C=O) groups excluding carboxylic acids is 1. The van der Waals surface area contributed by atoms with Crippen LogP contribution in [-0.4, -0.2) is 26.1 Å². The van der Waals surface area contributed by atoms with Crippen molar-refractivity contribution in [3.05, 3.63) is 39.7 Å². The molecule has 0 fully saturated rings. The van der Waals surface area contributed by atoms with Gasteiger partial charge in [0.25, 0.3) is 5.91 Å². The largest absolute Gasteiger partial charge is 0.345 e. The second kappa shape index (κ2) is 5.07. The molecule has 0 bridgehead atoms. The zero-order valence-electron chi connectivity index (χ0n) is 9.13. The molecule has 2 rings (SSSR count). The predicted octanol–water partition coefficient (Wildman–Crippen LogP) is 1.78. The summed E-state index contributed by atoms with van der Waals surface area (Å²) >= 11 is 7.49. The molecule has 0 aromatic heterocycles.